The number of fused-ring (bicyclic) bond motifs is 1. The van der Waals surface area contributed by atoms with Gasteiger partial charge in [-0.25, -0.2) is 18.4 Å². The van der Waals surface area contributed by atoms with Crippen LogP contribution in [0, 0.1) is 0 Å². The monoisotopic (exact) mass is 485 g/mol. The lowest BCUT2D eigenvalue weighted by Gasteiger charge is -2.14. The summed E-state index contributed by atoms with van der Waals surface area (Å²) in [5.74, 6) is 1.79. The molecule has 0 aliphatic carbocycles. The fourth-order valence-corrected chi connectivity index (χ4v) is 5.27. The summed E-state index contributed by atoms with van der Waals surface area (Å²) in [6.45, 7) is 4.49. The number of sulfonamides is 1. The van der Waals surface area contributed by atoms with Gasteiger partial charge in [0, 0.05) is 17.0 Å². The van der Waals surface area contributed by atoms with E-state index in [1.54, 1.807) is 13.2 Å². The highest BCUT2D eigenvalue weighted by atomic mass is 32.2. The smallest absolute Gasteiger partial charge is 0.263 e. The van der Waals surface area contributed by atoms with Gasteiger partial charge in [0.05, 0.1) is 30.6 Å². The Morgan fingerprint density at radius 1 is 0.970 bits per heavy atom. The van der Waals surface area contributed by atoms with Crippen molar-refractivity contribution in [2.24, 2.45) is 0 Å². The molecular formula is C23H23N3O5S2. The Hall–Kier alpha value is -3.37. The molecule has 2 aromatic carbocycles. The average molecular weight is 486 g/mol. The Morgan fingerprint density at radius 2 is 1.70 bits per heavy atom. The van der Waals surface area contributed by atoms with Crippen LogP contribution in [0.4, 0.5) is 5.82 Å². The molecule has 2 heterocycles. The molecule has 10 heteroatoms. The van der Waals surface area contributed by atoms with E-state index in [0.717, 1.165) is 16.9 Å². The molecule has 0 bridgehead atoms. The van der Waals surface area contributed by atoms with Gasteiger partial charge in [-0.2, -0.15) is 0 Å². The van der Waals surface area contributed by atoms with Crippen LogP contribution in [0.3, 0.4) is 0 Å². The molecule has 0 radical (unpaired) electrons. The van der Waals surface area contributed by atoms with E-state index in [2.05, 4.69) is 14.7 Å². The number of anilines is 1. The molecule has 33 heavy (non-hydrogen) atoms. The van der Waals surface area contributed by atoms with Gasteiger partial charge in [0.25, 0.3) is 10.0 Å². The van der Waals surface area contributed by atoms with E-state index in [1.165, 1.54) is 29.8 Å². The predicted molar refractivity (Wildman–Crippen MR) is 129 cm³/mol. The van der Waals surface area contributed by atoms with Crippen LogP contribution in [0.5, 0.6) is 17.2 Å². The van der Waals surface area contributed by atoms with Crippen molar-refractivity contribution in [3.63, 3.8) is 0 Å². The number of thiophene rings is 1. The lowest BCUT2D eigenvalue weighted by atomic mass is 10.1. The van der Waals surface area contributed by atoms with Gasteiger partial charge >= 0.3 is 0 Å². The molecule has 0 unspecified atom stereocenters. The number of nitrogens with zero attached hydrogens (tertiary/aromatic N) is 2. The zero-order chi connectivity index (χ0) is 23.4. The fourth-order valence-electron chi connectivity index (χ4n) is 3.32. The van der Waals surface area contributed by atoms with Gasteiger partial charge in [0.1, 0.15) is 16.9 Å². The van der Waals surface area contributed by atoms with Crippen molar-refractivity contribution in [2.45, 2.75) is 18.7 Å². The molecule has 172 valence electrons. The van der Waals surface area contributed by atoms with Crippen LogP contribution in [0.2, 0.25) is 0 Å². The maximum atomic E-state index is 13.2. The van der Waals surface area contributed by atoms with Crippen molar-refractivity contribution in [3.05, 3.63) is 54.2 Å². The van der Waals surface area contributed by atoms with Crippen LogP contribution in [-0.2, 0) is 10.0 Å². The molecule has 8 nitrogen and oxygen atoms in total. The lowest BCUT2D eigenvalue weighted by Crippen LogP contribution is -2.14. The lowest BCUT2D eigenvalue weighted by molar-refractivity contribution is 0.287. The molecule has 1 N–H and O–H groups in total. The number of benzene rings is 2. The molecule has 0 saturated heterocycles. The molecule has 0 aliphatic heterocycles. The predicted octanol–water partition coefficient (Wildman–Crippen LogP) is 4.97. The van der Waals surface area contributed by atoms with Crippen molar-refractivity contribution in [2.75, 3.05) is 25.0 Å². The summed E-state index contributed by atoms with van der Waals surface area (Å²) in [5.41, 5.74) is 1.73. The third kappa shape index (κ3) is 4.71. The average Bonchev–Trinajstić information content (AvgIpc) is 3.25. The minimum Gasteiger partial charge on any atom is -0.497 e. The fraction of sp³-hybridized carbons (Fsp3) is 0.217. The Balaban J connectivity index is 1.74. The van der Waals surface area contributed by atoms with Crippen LogP contribution < -0.4 is 18.9 Å². The Morgan fingerprint density at radius 3 is 2.39 bits per heavy atom. The first-order valence-electron chi connectivity index (χ1n) is 10.3. The summed E-state index contributed by atoms with van der Waals surface area (Å²) in [6.07, 6.45) is 1.35. The van der Waals surface area contributed by atoms with Gasteiger partial charge in [0.2, 0.25) is 0 Å². The van der Waals surface area contributed by atoms with Crippen molar-refractivity contribution in [1.82, 2.24) is 9.97 Å². The minimum atomic E-state index is -3.96. The first-order chi connectivity index (χ1) is 16.0. The van der Waals surface area contributed by atoms with E-state index in [0.29, 0.717) is 34.9 Å². The third-order valence-corrected chi connectivity index (χ3v) is 7.05. The summed E-state index contributed by atoms with van der Waals surface area (Å²) < 4.78 is 45.5. The van der Waals surface area contributed by atoms with Gasteiger partial charge in [-0.3, -0.25) is 4.72 Å². The summed E-state index contributed by atoms with van der Waals surface area (Å²) >= 11 is 1.42. The van der Waals surface area contributed by atoms with E-state index in [4.69, 9.17) is 14.2 Å². The first-order valence-corrected chi connectivity index (χ1v) is 12.6. The highest BCUT2D eigenvalue weighted by molar-refractivity contribution is 7.92. The molecule has 4 rings (SSSR count). The second-order valence-electron chi connectivity index (χ2n) is 6.86. The van der Waals surface area contributed by atoms with Crippen molar-refractivity contribution >= 4 is 37.4 Å². The van der Waals surface area contributed by atoms with E-state index in [-0.39, 0.29) is 10.7 Å². The summed E-state index contributed by atoms with van der Waals surface area (Å²) in [6, 6.07) is 12.0. The highest BCUT2D eigenvalue weighted by Gasteiger charge is 2.21. The van der Waals surface area contributed by atoms with E-state index >= 15 is 0 Å². The highest BCUT2D eigenvalue weighted by Crippen LogP contribution is 2.38. The van der Waals surface area contributed by atoms with Crippen LogP contribution in [-0.4, -0.2) is 38.7 Å². The van der Waals surface area contributed by atoms with E-state index in [9.17, 15) is 8.42 Å². The molecular weight excluding hydrogens is 462 g/mol. The first kappa shape index (κ1) is 22.8. The molecule has 0 atom stereocenters. The van der Waals surface area contributed by atoms with E-state index < -0.39 is 10.0 Å². The minimum absolute atomic E-state index is 0.0439. The topological polar surface area (TPSA) is 99.6 Å². The number of nitrogens with one attached hydrogen (secondary N) is 1. The second kappa shape index (κ2) is 9.63. The van der Waals surface area contributed by atoms with Crippen molar-refractivity contribution in [3.8, 4) is 28.4 Å². The standard InChI is InChI=1S/C23H23N3O5S2/c1-4-30-19-11-10-17(12-20(19)31-5-2)33(27,28)26-22-21-18(13-32-23(21)25-14-24-22)15-6-8-16(29-3)9-7-15/h6-14H,4-5H2,1-3H3,(H,24,25,26). The normalized spacial score (nSPS) is 11.4. The molecule has 0 spiro atoms. The molecule has 0 saturated carbocycles. The largest absolute Gasteiger partial charge is 0.497 e. The molecule has 2 aromatic heterocycles. The van der Waals surface area contributed by atoms with Crippen molar-refractivity contribution in [1.29, 1.82) is 0 Å². The van der Waals surface area contributed by atoms with Gasteiger partial charge < -0.3 is 14.2 Å². The molecule has 0 aliphatic rings. The number of hydrogen-bond donors (Lipinski definition) is 1. The zero-order valence-electron chi connectivity index (χ0n) is 18.4. The molecule has 0 fully saturated rings. The van der Waals surface area contributed by atoms with Crippen LogP contribution in [0.1, 0.15) is 13.8 Å². The molecule has 4 aromatic rings. The number of methoxy groups -OCH3 is 1. The quantitative estimate of drug-likeness (QED) is 0.357. The maximum Gasteiger partial charge on any atom is 0.263 e. The van der Waals surface area contributed by atoms with Gasteiger partial charge in [0.15, 0.2) is 17.3 Å². The number of hydrogen-bond acceptors (Lipinski definition) is 8. The number of aromatic nitrogens is 2. The van der Waals surface area contributed by atoms with Gasteiger partial charge in [-0.15, -0.1) is 11.3 Å². The van der Waals surface area contributed by atoms with Crippen molar-refractivity contribution < 1.29 is 22.6 Å². The van der Waals surface area contributed by atoms with Crippen LogP contribution in [0.15, 0.2) is 59.1 Å². The van der Waals surface area contributed by atoms with Crippen LogP contribution in [0.25, 0.3) is 21.3 Å². The molecule has 0 amide bonds. The Bertz CT molecular complexity index is 1370. The van der Waals surface area contributed by atoms with E-state index in [1.807, 2.05) is 43.5 Å². The SMILES string of the molecule is CCOc1ccc(S(=O)(=O)Nc2ncnc3scc(-c4ccc(OC)cc4)c23)cc1OCC. The van der Waals surface area contributed by atoms with Gasteiger partial charge in [-0.1, -0.05) is 12.1 Å². The third-order valence-electron chi connectivity index (χ3n) is 4.83. The number of rotatable bonds is 9. The summed E-state index contributed by atoms with van der Waals surface area (Å²) in [4.78, 5) is 9.27. The second-order valence-corrected chi connectivity index (χ2v) is 9.40. The Kier molecular flexibility index (Phi) is 6.66. The maximum absolute atomic E-state index is 13.2. The summed E-state index contributed by atoms with van der Waals surface area (Å²) in [5, 5.41) is 2.57. The zero-order valence-corrected chi connectivity index (χ0v) is 20.0. The van der Waals surface area contributed by atoms with Gasteiger partial charge in [-0.05, 0) is 43.7 Å². The summed E-state index contributed by atoms with van der Waals surface area (Å²) in [7, 11) is -2.35. The number of ether oxygens (including phenoxy) is 3. The van der Waals surface area contributed by atoms with Crippen LogP contribution >= 0.6 is 11.3 Å². The Labute approximate surface area is 196 Å².